The average molecular weight is 339 g/mol. The summed E-state index contributed by atoms with van der Waals surface area (Å²) in [6, 6.07) is 16.9. The van der Waals surface area contributed by atoms with Crippen molar-refractivity contribution in [1.82, 2.24) is 10.2 Å². The summed E-state index contributed by atoms with van der Waals surface area (Å²) >= 11 is 0. The third kappa shape index (κ3) is 4.09. The summed E-state index contributed by atoms with van der Waals surface area (Å²) < 4.78 is 5.54. The van der Waals surface area contributed by atoms with E-state index in [1.807, 2.05) is 54.6 Å². The summed E-state index contributed by atoms with van der Waals surface area (Å²) in [5, 5.41) is 2.79. The first kappa shape index (κ1) is 16.8. The van der Waals surface area contributed by atoms with E-state index in [1.54, 1.807) is 11.9 Å². The first-order valence-corrected chi connectivity index (χ1v) is 8.20. The van der Waals surface area contributed by atoms with Crippen molar-refractivity contribution < 1.29 is 14.3 Å². The molecule has 0 radical (unpaired) electrons. The molecule has 1 heterocycles. The van der Waals surface area contributed by atoms with E-state index in [0.717, 1.165) is 17.0 Å². The first-order valence-electron chi connectivity index (χ1n) is 8.20. The van der Waals surface area contributed by atoms with Crippen LogP contribution >= 0.6 is 0 Å². The highest BCUT2D eigenvalue weighted by atomic mass is 16.5. The quantitative estimate of drug-likeness (QED) is 0.821. The van der Waals surface area contributed by atoms with Crippen LogP contribution in [0.5, 0.6) is 5.75 Å². The molecule has 0 saturated heterocycles. The van der Waals surface area contributed by atoms with Crippen molar-refractivity contribution in [1.29, 1.82) is 0 Å². The van der Waals surface area contributed by atoms with Gasteiger partial charge in [-0.2, -0.15) is 0 Å². The Balaban J connectivity index is 1.53. The van der Waals surface area contributed by atoms with Gasteiger partial charge in [0.1, 0.15) is 18.9 Å². The number of nitrogens with zero attached hydrogens (tertiary/aromatic N) is 2. The van der Waals surface area contributed by atoms with E-state index in [1.165, 1.54) is 4.90 Å². The van der Waals surface area contributed by atoms with E-state index in [9.17, 15) is 9.59 Å². The van der Waals surface area contributed by atoms with Crippen LogP contribution in [0.15, 0.2) is 54.6 Å². The van der Waals surface area contributed by atoms with Gasteiger partial charge in [0, 0.05) is 13.6 Å². The second-order valence-corrected chi connectivity index (χ2v) is 5.86. The number of hydrogen-bond acceptors (Lipinski definition) is 3. The summed E-state index contributed by atoms with van der Waals surface area (Å²) in [6.07, 6.45) is 0. The standard InChI is InChI=1S/C19H21N3O3/c1-21-13-15-7-5-6-10-17(15)22(19(21)24)14-18(23)20-11-12-25-16-8-3-2-4-9-16/h2-10H,11-14H2,1H3,(H,20,23). The van der Waals surface area contributed by atoms with E-state index in [4.69, 9.17) is 4.74 Å². The first-order chi connectivity index (χ1) is 12.1. The van der Waals surface area contributed by atoms with E-state index in [0.29, 0.717) is 19.7 Å². The maximum Gasteiger partial charge on any atom is 0.325 e. The molecule has 25 heavy (non-hydrogen) atoms. The maximum absolute atomic E-state index is 12.4. The van der Waals surface area contributed by atoms with Crippen LogP contribution in [0.3, 0.4) is 0 Å². The number of benzene rings is 2. The number of fused-ring (bicyclic) bond motifs is 1. The van der Waals surface area contributed by atoms with Gasteiger partial charge in [-0.05, 0) is 23.8 Å². The van der Waals surface area contributed by atoms with Crippen molar-refractivity contribution in [2.75, 3.05) is 31.6 Å². The molecular weight excluding hydrogens is 318 g/mol. The number of anilines is 1. The van der Waals surface area contributed by atoms with Crippen molar-refractivity contribution >= 4 is 17.6 Å². The number of carbonyl (C=O) groups is 2. The van der Waals surface area contributed by atoms with Gasteiger partial charge in [-0.1, -0.05) is 36.4 Å². The number of amides is 3. The lowest BCUT2D eigenvalue weighted by Crippen LogP contribution is -2.49. The van der Waals surface area contributed by atoms with Gasteiger partial charge in [0.2, 0.25) is 5.91 Å². The Morgan fingerprint density at radius 1 is 1.12 bits per heavy atom. The topological polar surface area (TPSA) is 61.9 Å². The van der Waals surface area contributed by atoms with E-state index >= 15 is 0 Å². The molecule has 0 fully saturated rings. The third-order valence-electron chi connectivity index (χ3n) is 3.99. The summed E-state index contributed by atoms with van der Waals surface area (Å²) in [5.74, 6) is 0.550. The molecule has 3 amide bonds. The molecule has 0 spiro atoms. The smallest absolute Gasteiger partial charge is 0.325 e. The molecule has 0 unspecified atom stereocenters. The molecule has 130 valence electrons. The van der Waals surface area contributed by atoms with Crippen LogP contribution < -0.4 is 15.0 Å². The summed E-state index contributed by atoms with van der Waals surface area (Å²) in [5.41, 5.74) is 1.83. The third-order valence-corrected chi connectivity index (χ3v) is 3.99. The number of ether oxygens (including phenoxy) is 1. The summed E-state index contributed by atoms with van der Waals surface area (Å²) in [6.45, 7) is 1.30. The molecule has 3 rings (SSSR count). The Morgan fingerprint density at radius 2 is 1.84 bits per heavy atom. The van der Waals surface area contributed by atoms with Crippen molar-refractivity contribution in [3.8, 4) is 5.75 Å². The minimum atomic E-state index is -0.213. The number of carbonyl (C=O) groups excluding carboxylic acids is 2. The molecule has 1 N–H and O–H groups in total. The van der Waals surface area contributed by atoms with Crippen LogP contribution in [0.4, 0.5) is 10.5 Å². The predicted octanol–water partition coefficient (Wildman–Crippen LogP) is 2.25. The maximum atomic E-state index is 12.4. The normalized spacial score (nSPS) is 13.4. The van der Waals surface area contributed by atoms with Crippen LogP contribution in [0.1, 0.15) is 5.56 Å². The van der Waals surface area contributed by atoms with Gasteiger partial charge in [0.15, 0.2) is 0 Å². The molecule has 1 aliphatic rings. The number of urea groups is 1. The van der Waals surface area contributed by atoms with E-state index in [-0.39, 0.29) is 18.5 Å². The lowest BCUT2D eigenvalue weighted by molar-refractivity contribution is -0.119. The Bertz CT molecular complexity index is 749. The lowest BCUT2D eigenvalue weighted by Gasteiger charge is -2.34. The zero-order chi connectivity index (χ0) is 17.6. The van der Waals surface area contributed by atoms with E-state index in [2.05, 4.69) is 5.32 Å². The Morgan fingerprint density at radius 3 is 2.64 bits per heavy atom. The molecular formula is C19H21N3O3. The molecule has 0 atom stereocenters. The molecule has 2 aromatic rings. The molecule has 1 aliphatic heterocycles. The van der Waals surface area contributed by atoms with Crippen molar-refractivity contribution in [2.45, 2.75) is 6.54 Å². The SMILES string of the molecule is CN1Cc2ccccc2N(CC(=O)NCCOc2ccccc2)C1=O. The van der Waals surface area contributed by atoms with Crippen molar-refractivity contribution in [2.24, 2.45) is 0 Å². The van der Waals surface area contributed by atoms with Crippen molar-refractivity contribution in [3.63, 3.8) is 0 Å². The van der Waals surface area contributed by atoms with Gasteiger partial charge in [-0.3, -0.25) is 9.69 Å². The van der Waals surface area contributed by atoms with Gasteiger partial charge in [-0.15, -0.1) is 0 Å². The highest BCUT2D eigenvalue weighted by Crippen LogP contribution is 2.27. The van der Waals surface area contributed by atoms with Gasteiger partial charge in [0.25, 0.3) is 0 Å². The van der Waals surface area contributed by atoms with Gasteiger partial charge in [0.05, 0.1) is 12.2 Å². The molecule has 0 aliphatic carbocycles. The predicted molar refractivity (Wildman–Crippen MR) is 95.6 cm³/mol. The van der Waals surface area contributed by atoms with Gasteiger partial charge >= 0.3 is 6.03 Å². The fourth-order valence-electron chi connectivity index (χ4n) is 2.77. The van der Waals surface area contributed by atoms with Crippen LogP contribution in [0.2, 0.25) is 0 Å². The second-order valence-electron chi connectivity index (χ2n) is 5.86. The minimum Gasteiger partial charge on any atom is -0.492 e. The fraction of sp³-hybridized carbons (Fsp3) is 0.263. The Hall–Kier alpha value is -3.02. The minimum absolute atomic E-state index is 0.00841. The largest absolute Gasteiger partial charge is 0.492 e. The summed E-state index contributed by atoms with van der Waals surface area (Å²) in [7, 11) is 1.73. The zero-order valence-corrected chi connectivity index (χ0v) is 14.1. The van der Waals surface area contributed by atoms with Crippen LogP contribution in [-0.4, -0.2) is 43.6 Å². The Labute approximate surface area is 147 Å². The molecule has 0 bridgehead atoms. The second kappa shape index (κ2) is 7.70. The number of nitrogens with one attached hydrogen (secondary N) is 1. The van der Waals surface area contributed by atoms with Crippen LogP contribution in [0.25, 0.3) is 0 Å². The molecule has 6 heteroatoms. The monoisotopic (exact) mass is 339 g/mol. The average Bonchev–Trinajstić information content (AvgIpc) is 2.63. The fourth-order valence-corrected chi connectivity index (χ4v) is 2.77. The number of para-hydroxylation sites is 2. The van der Waals surface area contributed by atoms with Gasteiger partial charge in [-0.25, -0.2) is 4.79 Å². The molecule has 6 nitrogen and oxygen atoms in total. The number of rotatable bonds is 6. The van der Waals surface area contributed by atoms with E-state index < -0.39 is 0 Å². The lowest BCUT2D eigenvalue weighted by atomic mass is 10.1. The molecule has 0 saturated carbocycles. The highest BCUT2D eigenvalue weighted by molar-refractivity contribution is 5.99. The van der Waals surface area contributed by atoms with Crippen LogP contribution in [-0.2, 0) is 11.3 Å². The zero-order valence-electron chi connectivity index (χ0n) is 14.1. The van der Waals surface area contributed by atoms with Crippen molar-refractivity contribution in [3.05, 3.63) is 60.2 Å². The van der Waals surface area contributed by atoms with Gasteiger partial charge < -0.3 is 15.0 Å². The Kier molecular flexibility index (Phi) is 5.18. The molecule has 2 aromatic carbocycles. The number of hydrogen-bond donors (Lipinski definition) is 1. The molecule has 0 aromatic heterocycles. The summed E-state index contributed by atoms with van der Waals surface area (Å²) in [4.78, 5) is 27.7. The van der Waals surface area contributed by atoms with Crippen LogP contribution in [0, 0.1) is 0 Å². The highest BCUT2D eigenvalue weighted by Gasteiger charge is 2.29.